The van der Waals surface area contributed by atoms with Crippen LogP contribution in [0.2, 0.25) is 0 Å². The molecule has 24 heavy (non-hydrogen) atoms. The summed E-state index contributed by atoms with van der Waals surface area (Å²) in [6.07, 6.45) is 0.261. The molecule has 0 spiro atoms. The van der Waals surface area contributed by atoms with Crippen molar-refractivity contribution in [2.75, 3.05) is 0 Å². The van der Waals surface area contributed by atoms with Gasteiger partial charge in [0.1, 0.15) is 16.9 Å². The largest absolute Gasteiger partial charge is 0.456 e. The molecule has 0 saturated heterocycles. The van der Waals surface area contributed by atoms with Gasteiger partial charge in [-0.2, -0.15) is 0 Å². The van der Waals surface area contributed by atoms with Crippen LogP contribution in [0.5, 0.6) is 5.75 Å². The molecule has 1 heterocycles. The molecule has 0 N–H and O–H groups in total. The summed E-state index contributed by atoms with van der Waals surface area (Å²) in [6.45, 7) is 1.99. The number of benzene rings is 3. The molecule has 118 valence electrons. The van der Waals surface area contributed by atoms with E-state index in [0.717, 1.165) is 33.1 Å². The first kappa shape index (κ1) is 14.5. The van der Waals surface area contributed by atoms with Crippen LogP contribution in [0.1, 0.15) is 11.1 Å². The van der Waals surface area contributed by atoms with Gasteiger partial charge < -0.3 is 9.15 Å². The Morgan fingerprint density at radius 1 is 0.917 bits per heavy atom. The Morgan fingerprint density at radius 3 is 2.54 bits per heavy atom. The van der Waals surface area contributed by atoms with E-state index in [1.54, 1.807) is 6.07 Å². The number of ether oxygens (including phenoxy) is 1. The van der Waals surface area contributed by atoms with Crippen LogP contribution in [0.25, 0.3) is 21.9 Å². The summed E-state index contributed by atoms with van der Waals surface area (Å²) in [5.74, 6) is 0.268. The second-order valence-electron chi connectivity index (χ2n) is 5.83. The Bertz CT molecular complexity index is 1040. The molecule has 0 bridgehead atoms. The molecule has 0 atom stereocenters. The third kappa shape index (κ3) is 2.65. The molecule has 3 nitrogen and oxygen atoms in total. The van der Waals surface area contributed by atoms with Crippen LogP contribution < -0.4 is 4.74 Å². The molecule has 3 aromatic carbocycles. The van der Waals surface area contributed by atoms with E-state index in [1.165, 1.54) is 0 Å². The van der Waals surface area contributed by atoms with Crippen molar-refractivity contribution in [3.63, 3.8) is 0 Å². The van der Waals surface area contributed by atoms with Gasteiger partial charge in [-0.25, -0.2) is 0 Å². The van der Waals surface area contributed by atoms with Crippen molar-refractivity contribution in [3.8, 4) is 5.75 Å². The van der Waals surface area contributed by atoms with Crippen LogP contribution in [-0.2, 0) is 11.2 Å². The van der Waals surface area contributed by atoms with Gasteiger partial charge in [0, 0.05) is 10.8 Å². The van der Waals surface area contributed by atoms with Gasteiger partial charge in [0.15, 0.2) is 0 Å². The number of aryl methyl sites for hydroxylation is 1. The average Bonchev–Trinajstić information content (AvgIpc) is 2.95. The maximum absolute atomic E-state index is 12.2. The predicted molar refractivity (Wildman–Crippen MR) is 94.2 cm³/mol. The fourth-order valence-electron chi connectivity index (χ4n) is 2.90. The lowest BCUT2D eigenvalue weighted by molar-refractivity contribution is -0.133. The van der Waals surface area contributed by atoms with Crippen LogP contribution in [-0.4, -0.2) is 5.97 Å². The zero-order chi connectivity index (χ0) is 16.5. The van der Waals surface area contributed by atoms with Crippen molar-refractivity contribution in [1.29, 1.82) is 0 Å². The molecule has 1 aromatic heterocycles. The van der Waals surface area contributed by atoms with Crippen LogP contribution in [0.15, 0.2) is 71.1 Å². The molecule has 4 rings (SSSR count). The van der Waals surface area contributed by atoms with Gasteiger partial charge in [0.2, 0.25) is 0 Å². The molecule has 0 aliphatic heterocycles. The van der Waals surface area contributed by atoms with Crippen LogP contribution >= 0.6 is 0 Å². The molecule has 0 aliphatic carbocycles. The molecule has 3 heteroatoms. The van der Waals surface area contributed by atoms with E-state index in [-0.39, 0.29) is 12.4 Å². The van der Waals surface area contributed by atoms with Crippen LogP contribution in [0, 0.1) is 6.92 Å². The molecule has 4 aromatic rings. The summed E-state index contributed by atoms with van der Waals surface area (Å²) in [5, 5.41) is 1.97. The Labute approximate surface area is 139 Å². The summed E-state index contributed by atoms with van der Waals surface area (Å²) in [5.41, 5.74) is 3.69. The second-order valence-corrected chi connectivity index (χ2v) is 5.83. The van der Waals surface area contributed by atoms with Gasteiger partial charge in [-0.3, -0.25) is 4.79 Å². The van der Waals surface area contributed by atoms with Crippen LogP contribution in [0.3, 0.4) is 0 Å². The van der Waals surface area contributed by atoms with Crippen molar-refractivity contribution >= 4 is 27.9 Å². The monoisotopic (exact) mass is 316 g/mol. The van der Waals surface area contributed by atoms with Crippen molar-refractivity contribution in [1.82, 2.24) is 0 Å². The number of hydrogen-bond donors (Lipinski definition) is 0. The number of para-hydroxylation sites is 1. The van der Waals surface area contributed by atoms with Gasteiger partial charge in [-0.05, 0) is 42.3 Å². The summed E-state index contributed by atoms with van der Waals surface area (Å²) >= 11 is 0. The molecule has 0 amide bonds. The zero-order valence-electron chi connectivity index (χ0n) is 13.3. The zero-order valence-corrected chi connectivity index (χ0v) is 13.3. The lowest BCUT2D eigenvalue weighted by Gasteiger charge is -2.06. The van der Waals surface area contributed by atoms with E-state index < -0.39 is 0 Å². The van der Waals surface area contributed by atoms with E-state index in [2.05, 4.69) is 0 Å². The first-order valence-corrected chi connectivity index (χ1v) is 7.87. The summed E-state index contributed by atoms with van der Waals surface area (Å²) < 4.78 is 11.3. The number of rotatable bonds is 3. The van der Waals surface area contributed by atoms with E-state index in [9.17, 15) is 4.79 Å². The van der Waals surface area contributed by atoms with Crippen LogP contribution in [0.4, 0.5) is 0 Å². The van der Waals surface area contributed by atoms with E-state index in [1.807, 2.05) is 67.6 Å². The predicted octanol–water partition coefficient (Wildman–Crippen LogP) is 5.04. The number of hydrogen-bond acceptors (Lipinski definition) is 3. The Hall–Kier alpha value is -3.07. The minimum absolute atomic E-state index is 0.261. The Balaban J connectivity index is 1.61. The minimum Gasteiger partial charge on any atom is -0.456 e. The molecular weight excluding hydrogens is 300 g/mol. The quantitative estimate of drug-likeness (QED) is 0.392. The maximum Gasteiger partial charge on any atom is 0.315 e. The molecule has 0 aliphatic rings. The summed E-state index contributed by atoms with van der Waals surface area (Å²) in [7, 11) is 0. The summed E-state index contributed by atoms with van der Waals surface area (Å²) in [6, 6.07) is 21.1. The third-order valence-electron chi connectivity index (χ3n) is 4.18. The average molecular weight is 316 g/mol. The molecule has 0 saturated carbocycles. The number of carbonyl (C=O) groups excluding carboxylic acids is 1. The van der Waals surface area contributed by atoms with Crippen molar-refractivity contribution in [2.24, 2.45) is 0 Å². The Kier molecular flexibility index (Phi) is 3.54. The van der Waals surface area contributed by atoms with Gasteiger partial charge >= 0.3 is 5.97 Å². The lowest BCUT2D eigenvalue weighted by Crippen LogP contribution is -2.11. The van der Waals surface area contributed by atoms with E-state index in [4.69, 9.17) is 9.15 Å². The normalized spacial score (nSPS) is 11.0. The second kappa shape index (κ2) is 5.85. The smallest absolute Gasteiger partial charge is 0.315 e. The first-order valence-electron chi connectivity index (χ1n) is 7.87. The molecule has 0 radical (unpaired) electrons. The minimum atomic E-state index is -0.267. The first-order chi connectivity index (χ1) is 11.7. The summed E-state index contributed by atoms with van der Waals surface area (Å²) in [4.78, 5) is 12.2. The molecule has 0 unspecified atom stereocenters. The number of esters is 1. The van der Waals surface area contributed by atoms with Gasteiger partial charge in [0.05, 0.1) is 6.42 Å². The number of furan rings is 1. The van der Waals surface area contributed by atoms with Crippen molar-refractivity contribution < 1.29 is 13.9 Å². The highest BCUT2D eigenvalue weighted by molar-refractivity contribution is 6.05. The molecular formula is C21H16O3. The van der Waals surface area contributed by atoms with Gasteiger partial charge in [-0.1, -0.05) is 42.5 Å². The highest BCUT2D eigenvalue weighted by Crippen LogP contribution is 2.31. The molecule has 0 fully saturated rings. The maximum atomic E-state index is 12.2. The Morgan fingerprint density at radius 2 is 1.67 bits per heavy atom. The number of fused-ring (bicyclic) bond motifs is 3. The highest BCUT2D eigenvalue weighted by atomic mass is 16.5. The van der Waals surface area contributed by atoms with Crippen molar-refractivity contribution in [3.05, 3.63) is 77.9 Å². The van der Waals surface area contributed by atoms with E-state index >= 15 is 0 Å². The standard InChI is InChI=1S/C21H16O3/c1-14-6-2-3-7-15(14)12-21(22)23-16-10-11-20-18(13-16)17-8-4-5-9-19(17)24-20/h2-11,13H,12H2,1H3. The van der Waals surface area contributed by atoms with E-state index in [0.29, 0.717) is 5.75 Å². The fraction of sp³-hybridized carbons (Fsp3) is 0.0952. The van der Waals surface area contributed by atoms with Crippen molar-refractivity contribution in [2.45, 2.75) is 13.3 Å². The van der Waals surface area contributed by atoms with Gasteiger partial charge in [0.25, 0.3) is 0 Å². The topological polar surface area (TPSA) is 39.4 Å². The van der Waals surface area contributed by atoms with Gasteiger partial charge in [-0.15, -0.1) is 0 Å². The fourth-order valence-corrected chi connectivity index (χ4v) is 2.90. The lowest BCUT2D eigenvalue weighted by atomic mass is 10.1. The third-order valence-corrected chi connectivity index (χ3v) is 4.18. The SMILES string of the molecule is Cc1ccccc1CC(=O)Oc1ccc2oc3ccccc3c2c1. The number of carbonyl (C=O) groups is 1. The highest BCUT2D eigenvalue weighted by Gasteiger charge is 2.11.